The van der Waals surface area contributed by atoms with Gasteiger partial charge in [-0.3, -0.25) is 19.6 Å². The van der Waals surface area contributed by atoms with E-state index < -0.39 is 20.0 Å². The summed E-state index contributed by atoms with van der Waals surface area (Å²) < 4.78 is 84.6. The Labute approximate surface area is 548 Å². The Bertz CT molecular complexity index is 3370. The van der Waals surface area contributed by atoms with E-state index in [-0.39, 0.29) is 58.2 Å². The molecule has 0 radical (unpaired) electrons. The van der Waals surface area contributed by atoms with Crippen molar-refractivity contribution in [2.45, 2.75) is 122 Å². The van der Waals surface area contributed by atoms with E-state index >= 15 is 0 Å². The Morgan fingerprint density at radius 1 is 0.565 bits per heavy atom. The lowest BCUT2D eigenvalue weighted by molar-refractivity contribution is 0.0614. The van der Waals surface area contributed by atoms with Crippen molar-refractivity contribution in [3.05, 3.63) is 116 Å². The van der Waals surface area contributed by atoms with Crippen molar-refractivity contribution >= 4 is 55.3 Å². The number of nitrogens with one attached hydrogen (secondary N) is 8. The third kappa shape index (κ3) is 15.9. The van der Waals surface area contributed by atoms with Gasteiger partial charge in [-0.1, -0.05) is 23.2 Å². The Hall–Kier alpha value is -5.92. The van der Waals surface area contributed by atoms with Crippen LogP contribution in [0.2, 0.25) is 10.0 Å². The molecule has 8 aliphatic rings. The van der Waals surface area contributed by atoms with E-state index in [0.29, 0.717) is 174 Å². The Balaban J connectivity index is 0.461. The number of urea groups is 2. The number of benzene rings is 4. The van der Waals surface area contributed by atoms with Crippen LogP contribution in [-0.4, -0.2) is 215 Å². The molecule has 28 heteroatoms. The molecule has 4 bridgehead atoms. The molecule has 92 heavy (non-hydrogen) atoms. The monoisotopic (exact) mass is 1340 g/mol. The van der Waals surface area contributed by atoms with E-state index in [1.807, 2.05) is 12.1 Å². The molecular formula is C64H82Cl2N14O10S2. The second-order valence-electron chi connectivity index (χ2n) is 25.3. The molecule has 12 rings (SSSR count). The number of nitrogens with zero attached hydrogens (tertiary/aromatic N) is 6. The SMILES string of the molecule is N#Cc1cc(Cl)cc2c1C[C@H](N1C[C@@H]3C[C@H]1CN3)[C@H]2Oc1ccc(S(=O)(=O)N[C@@H]2CCN(CCOCCNC(=O)NCCCCNC(=O)NCCOCCN3CC[C@@H](NS(=O)(=O)c4ccc(O[C@H]5c6cc(Cl)cc(C#N)c6C[C@@H]5N5C[C@@H]6C[C@H]5CN6)cc4)C3)C2)cc1. The first-order chi connectivity index (χ1) is 44.6. The van der Waals surface area contributed by atoms with Crippen LogP contribution in [0, 0.1) is 22.7 Å². The van der Waals surface area contributed by atoms with Gasteiger partial charge in [-0.15, -0.1) is 0 Å². The molecule has 4 aromatic rings. The maximum Gasteiger partial charge on any atom is 0.314 e. The van der Waals surface area contributed by atoms with Crippen LogP contribution < -0.4 is 50.8 Å². The first-order valence-corrected chi connectivity index (χ1v) is 35.9. The third-order valence-corrected chi connectivity index (χ3v) is 22.8. The molecule has 0 spiro atoms. The zero-order chi connectivity index (χ0) is 63.9. The van der Waals surface area contributed by atoms with Gasteiger partial charge >= 0.3 is 12.1 Å². The van der Waals surface area contributed by atoms with Gasteiger partial charge in [0.1, 0.15) is 23.7 Å². The number of halogens is 2. The van der Waals surface area contributed by atoms with Gasteiger partial charge in [0.15, 0.2) is 0 Å². The number of hydrogen-bond donors (Lipinski definition) is 8. The minimum absolute atomic E-state index is 0.0242. The van der Waals surface area contributed by atoms with Gasteiger partial charge < -0.3 is 50.8 Å². The lowest BCUT2D eigenvalue weighted by Gasteiger charge is -2.36. The molecule has 6 saturated heterocycles. The quantitative estimate of drug-likeness (QED) is 0.0359. The van der Waals surface area contributed by atoms with Crippen LogP contribution in [0.3, 0.4) is 0 Å². The van der Waals surface area contributed by atoms with E-state index in [4.69, 9.17) is 42.1 Å². The van der Waals surface area contributed by atoms with Crippen LogP contribution in [0.25, 0.3) is 0 Å². The second-order valence-corrected chi connectivity index (χ2v) is 29.6. The topological polar surface area (TPSA) is 296 Å². The van der Waals surface area contributed by atoms with E-state index in [1.165, 1.54) is 0 Å². The van der Waals surface area contributed by atoms with Crippen LogP contribution in [0.15, 0.2) is 82.6 Å². The molecule has 494 valence electrons. The van der Waals surface area contributed by atoms with Gasteiger partial charge in [0.2, 0.25) is 20.0 Å². The highest BCUT2D eigenvalue weighted by Gasteiger charge is 2.50. The molecular weight excluding hydrogens is 1260 g/mol. The summed E-state index contributed by atoms with van der Waals surface area (Å²) in [6.45, 7) is 10.4. The molecule has 10 atom stereocenters. The van der Waals surface area contributed by atoms with E-state index in [2.05, 4.69) is 73.1 Å². The van der Waals surface area contributed by atoms with Crippen LogP contribution in [0.4, 0.5) is 9.59 Å². The predicted molar refractivity (Wildman–Crippen MR) is 345 cm³/mol. The fraction of sp³-hybridized carbons (Fsp3) is 0.562. The largest absolute Gasteiger partial charge is 0.484 e. The van der Waals surface area contributed by atoms with Crippen molar-refractivity contribution in [1.29, 1.82) is 10.5 Å². The standard InChI is InChI=1S/C64H82Cl2N14O10S2/c65-43-25-41(33-67)55-31-59(79-39-47-29-49(79)35-73-47)61(57(55)27-43)89-51-3-7-53(8-4-51)91(83,84)75-45-11-17-77(37-45)19-23-87-21-15-71-63(81)69-13-1-2-14-70-64(82)72-16-22-88-24-20-78-18-12-46(38-78)76-92(85,86)54-9-5-52(6-10-54)90-62-58-28-44(66)26-42(34-68)56(58)32-60(62)80-40-48-30-50(80)36-74-48/h3-10,25-28,45-50,59-62,73-76H,1-2,11-24,29-32,35-40H2,(H2,69,71,81)(H2,70,72,82)/t45-,46-,47+,48+,49+,50+,59+,60+,61+,62+/m1/s1. The van der Waals surface area contributed by atoms with Crippen molar-refractivity contribution in [3.63, 3.8) is 0 Å². The first-order valence-electron chi connectivity index (χ1n) is 32.2. The number of fused-ring (bicyclic) bond motifs is 6. The molecule has 2 aliphatic carbocycles. The van der Waals surface area contributed by atoms with E-state index in [0.717, 1.165) is 74.4 Å². The average Bonchev–Trinajstić information content (AvgIpc) is 1.61. The number of piperazine rings is 2. The third-order valence-electron chi connectivity index (χ3n) is 19.3. The number of amides is 4. The molecule has 6 fully saturated rings. The van der Waals surface area contributed by atoms with Crippen molar-refractivity contribution in [2.75, 3.05) is 118 Å². The van der Waals surface area contributed by atoms with Gasteiger partial charge in [-0.05, 0) is 160 Å². The fourth-order valence-corrected chi connectivity index (χ4v) is 17.7. The van der Waals surface area contributed by atoms with Gasteiger partial charge in [-0.2, -0.15) is 10.5 Å². The van der Waals surface area contributed by atoms with Crippen molar-refractivity contribution in [3.8, 4) is 23.6 Å². The number of nitriles is 2. The minimum atomic E-state index is -3.81. The van der Waals surface area contributed by atoms with E-state index in [1.54, 1.807) is 60.7 Å². The number of carbonyl (C=O) groups excluding carboxylic acids is 2. The number of likely N-dealkylation sites (tertiary alicyclic amines) is 4. The molecule has 4 amide bonds. The Morgan fingerprint density at radius 2 is 0.978 bits per heavy atom. The highest BCUT2D eigenvalue weighted by molar-refractivity contribution is 7.89. The summed E-state index contributed by atoms with van der Waals surface area (Å²) in [5.74, 6) is 1.08. The lowest BCUT2D eigenvalue weighted by atomic mass is 10.0. The summed E-state index contributed by atoms with van der Waals surface area (Å²) in [6.07, 6.45) is 5.45. The van der Waals surface area contributed by atoms with Crippen molar-refractivity contribution < 1.29 is 45.4 Å². The van der Waals surface area contributed by atoms with Crippen LogP contribution in [0.1, 0.15) is 84.1 Å². The molecule has 24 nitrogen and oxygen atoms in total. The minimum Gasteiger partial charge on any atom is -0.484 e. The van der Waals surface area contributed by atoms with Gasteiger partial charge in [-0.25, -0.2) is 35.9 Å². The number of ether oxygens (including phenoxy) is 4. The number of sulfonamides is 2. The molecule has 0 unspecified atom stereocenters. The zero-order valence-electron chi connectivity index (χ0n) is 51.4. The number of unbranched alkanes of at least 4 members (excludes halogenated alkanes) is 1. The van der Waals surface area contributed by atoms with E-state index in [9.17, 15) is 36.9 Å². The molecule has 6 heterocycles. The smallest absolute Gasteiger partial charge is 0.314 e. The molecule has 0 aromatic heterocycles. The van der Waals surface area contributed by atoms with Crippen LogP contribution in [-0.2, 0) is 42.4 Å². The maximum absolute atomic E-state index is 13.5. The van der Waals surface area contributed by atoms with Crippen LogP contribution >= 0.6 is 23.2 Å². The maximum atomic E-state index is 13.5. The summed E-state index contributed by atoms with van der Waals surface area (Å²) in [5.41, 5.74) is 4.85. The van der Waals surface area contributed by atoms with Gasteiger partial charge in [0.05, 0.1) is 71.6 Å². The Kier molecular flexibility index (Phi) is 21.4. The highest BCUT2D eigenvalue weighted by atomic mass is 35.5. The van der Waals surface area contributed by atoms with Crippen LogP contribution in [0.5, 0.6) is 11.5 Å². The highest BCUT2D eigenvalue weighted by Crippen LogP contribution is 2.46. The molecule has 4 aromatic carbocycles. The summed E-state index contributed by atoms with van der Waals surface area (Å²) in [5, 5.41) is 39.2. The molecule has 6 aliphatic heterocycles. The molecule has 8 N–H and O–H groups in total. The summed E-state index contributed by atoms with van der Waals surface area (Å²) >= 11 is 13.0. The number of hydrogen-bond acceptors (Lipinski definition) is 18. The predicted octanol–water partition coefficient (Wildman–Crippen LogP) is 3.74. The number of carbonyl (C=O) groups is 2. The summed E-state index contributed by atoms with van der Waals surface area (Å²) in [6, 6.07) is 25.5. The first kappa shape index (κ1) is 66.1. The molecule has 0 saturated carbocycles. The average molecular weight is 1340 g/mol. The normalized spacial score (nSPS) is 26.0. The lowest BCUT2D eigenvalue weighted by Crippen LogP contribution is -2.50. The van der Waals surface area contributed by atoms with Crippen molar-refractivity contribution in [2.24, 2.45) is 0 Å². The zero-order valence-corrected chi connectivity index (χ0v) is 54.6. The van der Waals surface area contributed by atoms with Gasteiger partial charge in [0.25, 0.3) is 0 Å². The second kappa shape index (κ2) is 29.8. The number of rotatable bonds is 29. The Morgan fingerprint density at radius 3 is 1.36 bits per heavy atom. The fourth-order valence-electron chi connectivity index (χ4n) is 14.8. The summed E-state index contributed by atoms with van der Waals surface area (Å²) in [7, 11) is -7.61. The van der Waals surface area contributed by atoms with Crippen molar-refractivity contribution in [1.82, 2.24) is 60.9 Å². The summed E-state index contributed by atoms with van der Waals surface area (Å²) in [4.78, 5) is 34.3. The van der Waals surface area contributed by atoms with Gasteiger partial charge in [0, 0.05) is 125 Å².